The van der Waals surface area contributed by atoms with Crippen molar-refractivity contribution in [1.29, 1.82) is 0 Å². The summed E-state index contributed by atoms with van der Waals surface area (Å²) in [6.45, 7) is 5.31. The molecule has 1 aromatic rings. The largest absolute Gasteiger partial charge is 0.380 e. The highest BCUT2D eigenvalue weighted by Crippen LogP contribution is 2.15. The quantitative estimate of drug-likeness (QED) is 0.545. The Kier molecular flexibility index (Phi) is 5.25. The topological polar surface area (TPSA) is 60.2 Å². The van der Waals surface area contributed by atoms with E-state index < -0.39 is 0 Å². The first-order valence-electron chi connectivity index (χ1n) is 5.31. The number of ether oxygens (including phenoxy) is 1. The third kappa shape index (κ3) is 3.27. The van der Waals surface area contributed by atoms with Gasteiger partial charge in [0.05, 0.1) is 18.3 Å². The van der Waals surface area contributed by atoms with Crippen LogP contribution in [-0.2, 0) is 11.2 Å². The number of aromatic nitrogens is 1. The third-order valence-electron chi connectivity index (χ3n) is 2.33. The van der Waals surface area contributed by atoms with Crippen LogP contribution in [0.4, 0.5) is 0 Å². The highest BCUT2D eigenvalue weighted by Gasteiger charge is 2.14. The highest BCUT2D eigenvalue weighted by molar-refractivity contribution is 5.22. The van der Waals surface area contributed by atoms with E-state index in [0.29, 0.717) is 13.2 Å². The van der Waals surface area contributed by atoms with Gasteiger partial charge in [-0.25, -0.2) is 5.43 Å². The van der Waals surface area contributed by atoms with E-state index in [0.717, 1.165) is 12.1 Å². The molecule has 0 radical (unpaired) electrons. The summed E-state index contributed by atoms with van der Waals surface area (Å²) in [7, 11) is 0. The van der Waals surface area contributed by atoms with Gasteiger partial charge < -0.3 is 4.74 Å². The van der Waals surface area contributed by atoms with E-state index in [1.165, 1.54) is 5.56 Å². The van der Waals surface area contributed by atoms with Crippen molar-refractivity contribution in [2.75, 3.05) is 13.2 Å². The molecule has 1 aromatic heterocycles. The van der Waals surface area contributed by atoms with Gasteiger partial charge in [0.1, 0.15) is 0 Å². The normalized spacial score (nSPS) is 12.7. The molecule has 1 unspecified atom stereocenters. The van der Waals surface area contributed by atoms with Crippen LogP contribution in [0.5, 0.6) is 0 Å². The summed E-state index contributed by atoms with van der Waals surface area (Å²) >= 11 is 0. The summed E-state index contributed by atoms with van der Waals surface area (Å²) in [6, 6.07) is 3.98. The summed E-state index contributed by atoms with van der Waals surface area (Å²) in [4.78, 5) is 4.35. The summed E-state index contributed by atoms with van der Waals surface area (Å²) < 4.78 is 5.36. The maximum atomic E-state index is 5.50. The minimum Gasteiger partial charge on any atom is -0.380 e. The predicted octanol–water partition coefficient (Wildman–Crippen LogP) is 1.18. The van der Waals surface area contributed by atoms with Crippen LogP contribution >= 0.6 is 0 Å². The lowest BCUT2D eigenvalue weighted by Crippen LogP contribution is -2.32. The number of nitrogens with zero attached hydrogens (tertiary/aromatic N) is 1. The van der Waals surface area contributed by atoms with E-state index >= 15 is 0 Å². The SMILES string of the molecule is CCOCC(NN)c1ncccc1CC. The fourth-order valence-corrected chi connectivity index (χ4v) is 1.51. The van der Waals surface area contributed by atoms with Crippen LogP contribution in [0, 0.1) is 0 Å². The molecule has 3 N–H and O–H groups in total. The molecule has 4 nitrogen and oxygen atoms in total. The number of aryl methyl sites for hydroxylation is 1. The molecule has 0 saturated carbocycles. The molecule has 1 atom stereocenters. The van der Waals surface area contributed by atoms with Gasteiger partial charge in [0.2, 0.25) is 0 Å². The minimum absolute atomic E-state index is 0.0268. The molecular formula is C11H19N3O. The van der Waals surface area contributed by atoms with Crippen molar-refractivity contribution in [2.24, 2.45) is 5.84 Å². The van der Waals surface area contributed by atoms with Gasteiger partial charge in [-0.2, -0.15) is 0 Å². The van der Waals surface area contributed by atoms with E-state index in [4.69, 9.17) is 10.6 Å². The Bertz CT molecular complexity index is 291. The Labute approximate surface area is 90.8 Å². The number of hydrazine groups is 1. The molecule has 1 rings (SSSR count). The maximum absolute atomic E-state index is 5.50. The second kappa shape index (κ2) is 6.50. The van der Waals surface area contributed by atoms with Crippen LogP contribution in [0.25, 0.3) is 0 Å². The molecule has 0 aliphatic heterocycles. The average Bonchev–Trinajstić information content (AvgIpc) is 2.30. The van der Waals surface area contributed by atoms with E-state index in [2.05, 4.69) is 23.4 Å². The summed E-state index contributed by atoms with van der Waals surface area (Å²) in [5.74, 6) is 5.50. The second-order valence-corrected chi connectivity index (χ2v) is 3.28. The van der Waals surface area contributed by atoms with E-state index in [1.807, 2.05) is 13.0 Å². The smallest absolute Gasteiger partial charge is 0.0868 e. The van der Waals surface area contributed by atoms with Crippen LogP contribution in [0.2, 0.25) is 0 Å². The van der Waals surface area contributed by atoms with Crippen molar-refractivity contribution in [3.05, 3.63) is 29.6 Å². The Morgan fingerprint density at radius 1 is 1.53 bits per heavy atom. The summed E-state index contributed by atoms with van der Waals surface area (Å²) in [5.41, 5.74) is 4.93. The van der Waals surface area contributed by atoms with Crippen LogP contribution < -0.4 is 11.3 Å². The Morgan fingerprint density at radius 3 is 2.93 bits per heavy atom. The Hall–Kier alpha value is -0.970. The van der Waals surface area contributed by atoms with Gasteiger partial charge >= 0.3 is 0 Å². The minimum atomic E-state index is -0.0268. The van der Waals surface area contributed by atoms with E-state index in [-0.39, 0.29) is 6.04 Å². The monoisotopic (exact) mass is 209 g/mol. The van der Waals surface area contributed by atoms with Gasteiger partial charge in [-0.1, -0.05) is 13.0 Å². The standard InChI is InChI=1S/C11H19N3O/c1-3-9-6-5-7-13-11(9)10(14-12)8-15-4-2/h5-7,10,14H,3-4,8,12H2,1-2H3. The lowest BCUT2D eigenvalue weighted by Gasteiger charge is -2.17. The van der Waals surface area contributed by atoms with Crippen LogP contribution in [0.1, 0.15) is 31.1 Å². The number of nitrogens with two attached hydrogens (primary N) is 1. The van der Waals surface area contributed by atoms with Crippen molar-refractivity contribution in [1.82, 2.24) is 10.4 Å². The molecule has 1 heterocycles. The fourth-order valence-electron chi connectivity index (χ4n) is 1.51. The highest BCUT2D eigenvalue weighted by atomic mass is 16.5. The van der Waals surface area contributed by atoms with Gasteiger partial charge in [0, 0.05) is 12.8 Å². The zero-order valence-electron chi connectivity index (χ0n) is 9.36. The average molecular weight is 209 g/mol. The first kappa shape index (κ1) is 12.1. The molecule has 0 aliphatic rings. The maximum Gasteiger partial charge on any atom is 0.0868 e. The van der Waals surface area contributed by atoms with Gasteiger partial charge in [-0.3, -0.25) is 10.8 Å². The lowest BCUT2D eigenvalue weighted by atomic mass is 10.1. The number of hydrogen-bond donors (Lipinski definition) is 2. The van der Waals surface area contributed by atoms with Gasteiger partial charge in [-0.15, -0.1) is 0 Å². The van der Waals surface area contributed by atoms with Gasteiger partial charge in [0.15, 0.2) is 0 Å². The molecule has 84 valence electrons. The molecular weight excluding hydrogens is 190 g/mol. The second-order valence-electron chi connectivity index (χ2n) is 3.28. The molecule has 0 bridgehead atoms. The Balaban J connectivity index is 2.80. The first-order valence-corrected chi connectivity index (χ1v) is 5.31. The number of pyridine rings is 1. The Morgan fingerprint density at radius 2 is 2.33 bits per heavy atom. The first-order chi connectivity index (χ1) is 7.33. The molecule has 15 heavy (non-hydrogen) atoms. The van der Waals surface area contributed by atoms with Gasteiger partial charge in [0.25, 0.3) is 0 Å². The number of rotatable bonds is 6. The van der Waals surface area contributed by atoms with E-state index in [9.17, 15) is 0 Å². The zero-order chi connectivity index (χ0) is 11.1. The molecule has 4 heteroatoms. The van der Waals surface area contributed by atoms with Crippen molar-refractivity contribution >= 4 is 0 Å². The molecule has 0 amide bonds. The fraction of sp³-hybridized carbons (Fsp3) is 0.545. The summed E-state index contributed by atoms with van der Waals surface area (Å²) in [5, 5.41) is 0. The molecule has 0 aliphatic carbocycles. The van der Waals surface area contributed by atoms with Crippen molar-refractivity contribution in [2.45, 2.75) is 26.3 Å². The third-order valence-corrected chi connectivity index (χ3v) is 2.33. The van der Waals surface area contributed by atoms with Crippen LogP contribution in [-0.4, -0.2) is 18.2 Å². The van der Waals surface area contributed by atoms with Crippen LogP contribution in [0.15, 0.2) is 18.3 Å². The van der Waals surface area contributed by atoms with Crippen molar-refractivity contribution in [3.63, 3.8) is 0 Å². The van der Waals surface area contributed by atoms with Crippen molar-refractivity contribution < 1.29 is 4.74 Å². The predicted molar refractivity (Wildman–Crippen MR) is 60.2 cm³/mol. The number of hydrogen-bond acceptors (Lipinski definition) is 4. The lowest BCUT2D eigenvalue weighted by molar-refractivity contribution is 0.121. The zero-order valence-corrected chi connectivity index (χ0v) is 9.36. The molecule has 0 aromatic carbocycles. The van der Waals surface area contributed by atoms with Gasteiger partial charge in [-0.05, 0) is 25.0 Å². The molecule has 0 fully saturated rings. The number of nitrogens with one attached hydrogen (secondary N) is 1. The molecule has 0 spiro atoms. The summed E-state index contributed by atoms with van der Waals surface area (Å²) in [6.07, 6.45) is 2.73. The van der Waals surface area contributed by atoms with E-state index in [1.54, 1.807) is 6.20 Å². The van der Waals surface area contributed by atoms with Crippen LogP contribution in [0.3, 0.4) is 0 Å². The van der Waals surface area contributed by atoms with Crippen molar-refractivity contribution in [3.8, 4) is 0 Å². The molecule has 0 saturated heterocycles.